The Hall–Kier alpha value is -1.14. The van der Waals surface area contributed by atoms with E-state index in [9.17, 15) is 14.7 Å². The van der Waals surface area contributed by atoms with Crippen LogP contribution in [0.15, 0.2) is 0 Å². The Morgan fingerprint density at radius 2 is 1.11 bits per heavy atom. The topological polar surface area (TPSA) is 76.1 Å². The third-order valence-electron chi connectivity index (χ3n) is 9.02. The molecule has 0 aromatic carbocycles. The molecule has 0 radical (unpaired) electrons. The number of nitrogens with zero attached hydrogens (tertiary/aromatic N) is 1. The van der Waals surface area contributed by atoms with Crippen LogP contribution in [-0.4, -0.2) is 61.4 Å². The van der Waals surface area contributed by atoms with Gasteiger partial charge in [0.25, 0.3) is 0 Å². The molecule has 0 bridgehead atoms. The summed E-state index contributed by atoms with van der Waals surface area (Å²) >= 11 is 0. The summed E-state index contributed by atoms with van der Waals surface area (Å²) in [6, 6.07) is 0. The lowest BCUT2D eigenvalue weighted by atomic mass is 9.87. The zero-order valence-corrected chi connectivity index (χ0v) is 30.8. The zero-order valence-electron chi connectivity index (χ0n) is 30.8. The van der Waals surface area contributed by atoms with Crippen molar-refractivity contribution in [1.82, 2.24) is 4.90 Å². The van der Waals surface area contributed by atoms with Crippen molar-refractivity contribution >= 4 is 11.9 Å². The van der Waals surface area contributed by atoms with Crippen molar-refractivity contribution in [1.29, 1.82) is 0 Å². The van der Waals surface area contributed by atoms with Gasteiger partial charge < -0.3 is 19.5 Å². The first-order valence-corrected chi connectivity index (χ1v) is 19.4. The highest BCUT2D eigenvalue weighted by atomic mass is 16.5. The SMILES string of the molecule is CCCCCCCCCOC(=O)CCCCCCCN(CCO)CCCCCCC(C)(C)C(=O)OCCCCCCCC(C)C. The smallest absolute Gasteiger partial charge is 0.311 e. The molecule has 0 saturated heterocycles. The van der Waals surface area contributed by atoms with Crippen LogP contribution in [0.3, 0.4) is 0 Å². The highest BCUT2D eigenvalue weighted by molar-refractivity contribution is 5.75. The van der Waals surface area contributed by atoms with Gasteiger partial charge in [-0.05, 0) is 71.4 Å². The maximum atomic E-state index is 12.6. The minimum atomic E-state index is -0.409. The number of rotatable bonds is 34. The van der Waals surface area contributed by atoms with Gasteiger partial charge >= 0.3 is 11.9 Å². The summed E-state index contributed by atoms with van der Waals surface area (Å²) < 4.78 is 11.0. The highest BCUT2D eigenvalue weighted by Crippen LogP contribution is 2.26. The third kappa shape index (κ3) is 30.0. The average molecular weight is 640 g/mol. The van der Waals surface area contributed by atoms with E-state index >= 15 is 0 Å². The minimum Gasteiger partial charge on any atom is -0.466 e. The Bertz CT molecular complexity index is 666. The molecule has 268 valence electrons. The van der Waals surface area contributed by atoms with Crippen molar-refractivity contribution in [2.24, 2.45) is 11.3 Å². The van der Waals surface area contributed by atoms with Gasteiger partial charge in [0.15, 0.2) is 0 Å². The van der Waals surface area contributed by atoms with E-state index in [1.54, 1.807) is 0 Å². The number of aliphatic hydroxyl groups excluding tert-OH is 1. The van der Waals surface area contributed by atoms with Crippen LogP contribution in [0, 0.1) is 11.3 Å². The maximum Gasteiger partial charge on any atom is 0.311 e. The van der Waals surface area contributed by atoms with E-state index in [1.807, 2.05) is 13.8 Å². The lowest BCUT2D eigenvalue weighted by molar-refractivity contribution is -0.154. The van der Waals surface area contributed by atoms with Gasteiger partial charge in [-0.1, -0.05) is 130 Å². The zero-order chi connectivity index (χ0) is 33.4. The molecule has 0 aromatic heterocycles. The molecule has 45 heavy (non-hydrogen) atoms. The van der Waals surface area contributed by atoms with E-state index in [0.717, 1.165) is 103 Å². The largest absolute Gasteiger partial charge is 0.466 e. The van der Waals surface area contributed by atoms with E-state index in [2.05, 4.69) is 25.7 Å². The Kier molecular flexibility index (Phi) is 30.7. The number of aliphatic hydroxyl groups is 1. The molecule has 0 spiro atoms. The number of unbranched alkanes of at least 4 members (excludes halogenated alkanes) is 17. The van der Waals surface area contributed by atoms with Gasteiger partial charge in [0, 0.05) is 13.0 Å². The van der Waals surface area contributed by atoms with Gasteiger partial charge in [-0.25, -0.2) is 0 Å². The predicted octanol–water partition coefficient (Wildman–Crippen LogP) is 10.4. The second-order valence-corrected chi connectivity index (χ2v) is 14.6. The van der Waals surface area contributed by atoms with E-state index in [0.29, 0.717) is 19.6 Å². The van der Waals surface area contributed by atoms with Crippen LogP contribution in [0.2, 0.25) is 0 Å². The molecule has 0 fully saturated rings. The molecular weight excluding hydrogens is 562 g/mol. The summed E-state index contributed by atoms with van der Waals surface area (Å²) in [5.74, 6) is 0.711. The van der Waals surface area contributed by atoms with E-state index in [1.165, 1.54) is 70.6 Å². The summed E-state index contributed by atoms with van der Waals surface area (Å²) in [5, 5.41) is 9.49. The summed E-state index contributed by atoms with van der Waals surface area (Å²) in [5.41, 5.74) is -0.409. The van der Waals surface area contributed by atoms with Crippen molar-refractivity contribution in [3.05, 3.63) is 0 Å². The standard InChI is InChI=1S/C39H77NO5/c1-6-7-8-9-10-18-25-34-44-37(42)28-21-14-11-16-23-30-40(32-33-41)31-24-17-15-22-29-39(4,5)38(43)45-35-26-19-12-13-20-27-36(2)3/h36,41H,6-35H2,1-5H3. The predicted molar refractivity (Wildman–Crippen MR) is 191 cm³/mol. The summed E-state index contributed by atoms with van der Waals surface area (Å²) in [6.07, 6.45) is 27.3. The fourth-order valence-electron chi connectivity index (χ4n) is 5.83. The molecule has 0 aliphatic carbocycles. The van der Waals surface area contributed by atoms with E-state index in [-0.39, 0.29) is 18.5 Å². The van der Waals surface area contributed by atoms with Crippen molar-refractivity contribution in [2.45, 2.75) is 189 Å². The van der Waals surface area contributed by atoms with Gasteiger partial charge in [-0.2, -0.15) is 0 Å². The number of hydrogen-bond donors (Lipinski definition) is 1. The average Bonchev–Trinajstić information content (AvgIpc) is 3.00. The van der Waals surface area contributed by atoms with E-state index in [4.69, 9.17) is 9.47 Å². The first-order chi connectivity index (χ1) is 21.7. The number of ether oxygens (including phenoxy) is 2. The Morgan fingerprint density at radius 3 is 1.69 bits per heavy atom. The monoisotopic (exact) mass is 640 g/mol. The molecule has 0 saturated carbocycles. The first-order valence-electron chi connectivity index (χ1n) is 19.4. The van der Waals surface area contributed by atoms with Crippen molar-refractivity contribution < 1.29 is 24.2 Å². The van der Waals surface area contributed by atoms with Gasteiger partial charge in [-0.3, -0.25) is 9.59 Å². The molecule has 0 amide bonds. The fourth-order valence-corrected chi connectivity index (χ4v) is 5.83. The lowest BCUT2D eigenvalue weighted by Crippen LogP contribution is -2.29. The van der Waals surface area contributed by atoms with Crippen LogP contribution in [0.4, 0.5) is 0 Å². The molecule has 0 unspecified atom stereocenters. The molecule has 0 aliphatic rings. The van der Waals surface area contributed by atoms with Crippen molar-refractivity contribution in [3.8, 4) is 0 Å². The molecular formula is C39H77NO5. The number of hydrogen-bond acceptors (Lipinski definition) is 6. The van der Waals surface area contributed by atoms with Crippen LogP contribution in [0.25, 0.3) is 0 Å². The minimum absolute atomic E-state index is 0.0350. The van der Waals surface area contributed by atoms with Crippen molar-refractivity contribution in [3.63, 3.8) is 0 Å². The Labute approximate surface area is 280 Å². The van der Waals surface area contributed by atoms with Crippen LogP contribution in [0.5, 0.6) is 0 Å². The van der Waals surface area contributed by atoms with Gasteiger partial charge in [0.2, 0.25) is 0 Å². The van der Waals surface area contributed by atoms with E-state index < -0.39 is 5.41 Å². The van der Waals surface area contributed by atoms with Crippen LogP contribution in [0.1, 0.15) is 189 Å². The number of carbonyl (C=O) groups is 2. The Balaban J connectivity index is 3.76. The quantitative estimate of drug-likeness (QED) is 0.0558. The van der Waals surface area contributed by atoms with Crippen LogP contribution in [-0.2, 0) is 19.1 Å². The summed E-state index contributed by atoms with van der Waals surface area (Å²) in [4.78, 5) is 26.9. The first kappa shape index (κ1) is 43.9. The lowest BCUT2D eigenvalue weighted by Gasteiger charge is -2.23. The molecule has 0 heterocycles. The molecule has 6 nitrogen and oxygen atoms in total. The molecule has 6 heteroatoms. The van der Waals surface area contributed by atoms with Gasteiger partial charge in [-0.15, -0.1) is 0 Å². The molecule has 0 atom stereocenters. The number of esters is 2. The fraction of sp³-hybridized carbons (Fsp3) is 0.949. The normalized spacial score (nSPS) is 11.9. The Morgan fingerprint density at radius 1 is 0.622 bits per heavy atom. The summed E-state index contributed by atoms with van der Waals surface area (Å²) in [7, 11) is 0. The van der Waals surface area contributed by atoms with Crippen LogP contribution < -0.4 is 0 Å². The second-order valence-electron chi connectivity index (χ2n) is 14.6. The second kappa shape index (κ2) is 31.5. The maximum absolute atomic E-state index is 12.6. The van der Waals surface area contributed by atoms with Crippen molar-refractivity contribution in [2.75, 3.05) is 39.5 Å². The number of carbonyl (C=O) groups excluding carboxylic acids is 2. The molecule has 1 N–H and O–H groups in total. The molecule has 0 aliphatic heterocycles. The summed E-state index contributed by atoms with van der Waals surface area (Å²) in [6.45, 7) is 15.0. The van der Waals surface area contributed by atoms with Gasteiger partial charge in [0.05, 0.1) is 25.2 Å². The third-order valence-corrected chi connectivity index (χ3v) is 9.02. The van der Waals surface area contributed by atoms with Gasteiger partial charge in [0.1, 0.15) is 0 Å². The van der Waals surface area contributed by atoms with Crippen LogP contribution >= 0.6 is 0 Å². The molecule has 0 aromatic rings. The molecule has 0 rings (SSSR count). The highest BCUT2D eigenvalue weighted by Gasteiger charge is 2.28.